The molecule has 0 saturated heterocycles. The van der Waals surface area contributed by atoms with Crippen molar-refractivity contribution >= 4 is 11.6 Å². The van der Waals surface area contributed by atoms with Gasteiger partial charge in [-0.2, -0.15) is 0 Å². The zero-order valence-corrected chi connectivity index (χ0v) is 13.4. The monoisotopic (exact) mass is 300 g/mol. The van der Waals surface area contributed by atoms with Crippen LogP contribution in [0.15, 0.2) is 29.4 Å². The van der Waals surface area contributed by atoms with Gasteiger partial charge in [-0.15, -0.1) is 0 Å². The van der Waals surface area contributed by atoms with E-state index in [2.05, 4.69) is 36.3 Å². The van der Waals surface area contributed by atoms with Gasteiger partial charge in [-0.05, 0) is 32.3 Å². The van der Waals surface area contributed by atoms with Crippen molar-refractivity contribution in [2.75, 3.05) is 13.1 Å². The number of hydrogen-bond acceptors (Lipinski definition) is 3. The van der Waals surface area contributed by atoms with Crippen LogP contribution in [0.2, 0.25) is 0 Å². The summed E-state index contributed by atoms with van der Waals surface area (Å²) in [6.07, 6.45) is 4.05. The molecule has 1 aliphatic carbocycles. The number of likely N-dealkylation sites (N-methyl/N-ethyl adjacent to an activating group) is 1. The van der Waals surface area contributed by atoms with Crippen molar-refractivity contribution in [1.82, 2.24) is 4.90 Å². The van der Waals surface area contributed by atoms with Crippen LogP contribution in [0.25, 0.3) is 0 Å². The normalized spacial score (nSPS) is 21.0. The van der Waals surface area contributed by atoms with Crippen molar-refractivity contribution in [3.63, 3.8) is 0 Å². The molecule has 118 valence electrons. The fraction of sp³-hybridized carbons (Fsp3) is 0.556. The first-order valence-corrected chi connectivity index (χ1v) is 8.26. The lowest BCUT2D eigenvalue weighted by Crippen LogP contribution is -2.42. The summed E-state index contributed by atoms with van der Waals surface area (Å²) in [4.78, 5) is 19.9. The molecule has 4 heteroatoms. The molecule has 1 heterocycles. The highest BCUT2D eigenvalue weighted by Crippen LogP contribution is 2.28. The molecule has 1 aliphatic heterocycles. The Morgan fingerprint density at radius 3 is 2.64 bits per heavy atom. The zero-order valence-electron chi connectivity index (χ0n) is 13.4. The molecule has 22 heavy (non-hydrogen) atoms. The fourth-order valence-corrected chi connectivity index (χ4v) is 2.98. The third-order valence-corrected chi connectivity index (χ3v) is 4.69. The molecule has 0 radical (unpaired) electrons. The van der Waals surface area contributed by atoms with Crippen LogP contribution in [-0.2, 0) is 9.63 Å². The summed E-state index contributed by atoms with van der Waals surface area (Å²) in [5, 5.41) is 4.22. The van der Waals surface area contributed by atoms with Gasteiger partial charge < -0.3 is 9.74 Å². The maximum Gasteiger partial charge on any atom is 0.225 e. The van der Waals surface area contributed by atoms with Gasteiger partial charge in [0.15, 0.2) is 6.10 Å². The largest absolute Gasteiger partial charge is 0.390 e. The quantitative estimate of drug-likeness (QED) is 0.838. The highest BCUT2D eigenvalue weighted by atomic mass is 16.6. The minimum atomic E-state index is -0.0136. The third kappa shape index (κ3) is 3.16. The van der Waals surface area contributed by atoms with E-state index in [0.29, 0.717) is 12.5 Å². The van der Waals surface area contributed by atoms with E-state index in [0.717, 1.165) is 37.1 Å². The van der Waals surface area contributed by atoms with Gasteiger partial charge in [0, 0.05) is 18.9 Å². The number of aryl methyl sites for hydroxylation is 1. The van der Waals surface area contributed by atoms with Crippen LogP contribution < -0.4 is 0 Å². The van der Waals surface area contributed by atoms with E-state index in [1.165, 1.54) is 12.0 Å². The highest BCUT2D eigenvalue weighted by Gasteiger charge is 2.32. The Balaban J connectivity index is 1.56. The van der Waals surface area contributed by atoms with Crippen LogP contribution in [0.3, 0.4) is 0 Å². The lowest BCUT2D eigenvalue weighted by atomic mass is 9.84. The molecule has 1 fully saturated rings. The van der Waals surface area contributed by atoms with Gasteiger partial charge in [-0.25, -0.2) is 0 Å². The summed E-state index contributed by atoms with van der Waals surface area (Å²) >= 11 is 0. The molecule has 0 aromatic heterocycles. The number of oxime groups is 1. The predicted octanol–water partition coefficient (Wildman–Crippen LogP) is 3.14. The van der Waals surface area contributed by atoms with Crippen molar-refractivity contribution < 1.29 is 9.63 Å². The average Bonchev–Trinajstić information content (AvgIpc) is 2.92. The van der Waals surface area contributed by atoms with Gasteiger partial charge in [0.1, 0.15) is 0 Å². The SMILES string of the molecule is CCN(C[C@@H]1CC(c2ccc(C)cc2)=NO1)C(=O)C1CCC1. The first kappa shape index (κ1) is 15.1. The van der Waals surface area contributed by atoms with Gasteiger partial charge in [0.05, 0.1) is 12.3 Å². The highest BCUT2D eigenvalue weighted by molar-refractivity contribution is 6.01. The minimum absolute atomic E-state index is 0.0136. The maximum atomic E-state index is 12.4. The molecule has 4 nitrogen and oxygen atoms in total. The molecule has 1 amide bonds. The zero-order chi connectivity index (χ0) is 15.5. The summed E-state index contributed by atoms with van der Waals surface area (Å²) in [7, 11) is 0. The second kappa shape index (κ2) is 6.51. The maximum absolute atomic E-state index is 12.4. The second-order valence-corrected chi connectivity index (χ2v) is 6.34. The van der Waals surface area contributed by atoms with Crippen LogP contribution in [0.5, 0.6) is 0 Å². The van der Waals surface area contributed by atoms with Crippen LogP contribution in [0.4, 0.5) is 0 Å². The van der Waals surface area contributed by atoms with E-state index in [-0.39, 0.29) is 12.0 Å². The van der Waals surface area contributed by atoms with Crippen molar-refractivity contribution in [1.29, 1.82) is 0 Å². The van der Waals surface area contributed by atoms with Gasteiger partial charge in [-0.1, -0.05) is 41.4 Å². The molecule has 1 atom stereocenters. The van der Waals surface area contributed by atoms with Crippen molar-refractivity contribution in [2.24, 2.45) is 11.1 Å². The Morgan fingerprint density at radius 1 is 1.32 bits per heavy atom. The number of nitrogens with zero attached hydrogens (tertiary/aromatic N) is 2. The molecule has 0 N–H and O–H groups in total. The van der Waals surface area contributed by atoms with Gasteiger partial charge in [-0.3, -0.25) is 4.79 Å². The molecule has 0 unspecified atom stereocenters. The van der Waals surface area contributed by atoms with E-state index >= 15 is 0 Å². The van der Waals surface area contributed by atoms with Gasteiger partial charge in [0.2, 0.25) is 5.91 Å². The smallest absolute Gasteiger partial charge is 0.225 e. The molecule has 1 aromatic rings. The standard InChI is InChI=1S/C18H24N2O2/c1-3-20(18(21)15-5-4-6-15)12-16-11-17(19-22-16)14-9-7-13(2)8-10-14/h7-10,15-16H,3-6,11-12H2,1-2H3/t16-/m0/s1. The summed E-state index contributed by atoms with van der Waals surface area (Å²) in [6, 6.07) is 8.33. The molecule has 3 rings (SSSR count). The molecular weight excluding hydrogens is 276 g/mol. The first-order valence-electron chi connectivity index (χ1n) is 8.26. The predicted molar refractivity (Wildman–Crippen MR) is 86.8 cm³/mol. The molecule has 0 bridgehead atoms. The minimum Gasteiger partial charge on any atom is -0.390 e. The Morgan fingerprint density at radius 2 is 2.05 bits per heavy atom. The summed E-state index contributed by atoms with van der Waals surface area (Å²) < 4.78 is 0. The van der Waals surface area contributed by atoms with E-state index in [1.54, 1.807) is 0 Å². The van der Waals surface area contributed by atoms with E-state index in [9.17, 15) is 4.79 Å². The van der Waals surface area contributed by atoms with Gasteiger partial charge >= 0.3 is 0 Å². The van der Waals surface area contributed by atoms with Crippen molar-refractivity contribution in [3.8, 4) is 0 Å². The number of amides is 1. The Kier molecular flexibility index (Phi) is 4.46. The molecule has 1 saturated carbocycles. The van der Waals surface area contributed by atoms with Crippen LogP contribution >= 0.6 is 0 Å². The van der Waals surface area contributed by atoms with E-state index in [1.807, 2.05) is 11.8 Å². The molecule has 0 spiro atoms. The fourth-order valence-electron chi connectivity index (χ4n) is 2.98. The Bertz CT molecular complexity index is 561. The number of benzene rings is 1. The molecular formula is C18H24N2O2. The first-order chi connectivity index (χ1) is 10.7. The summed E-state index contributed by atoms with van der Waals surface area (Å²) in [5.74, 6) is 0.542. The Hall–Kier alpha value is -1.84. The summed E-state index contributed by atoms with van der Waals surface area (Å²) in [5.41, 5.74) is 3.33. The van der Waals surface area contributed by atoms with Crippen molar-refractivity contribution in [2.45, 2.75) is 45.6 Å². The van der Waals surface area contributed by atoms with E-state index < -0.39 is 0 Å². The number of carbonyl (C=O) groups is 1. The van der Waals surface area contributed by atoms with E-state index in [4.69, 9.17) is 4.84 Å². The third-order valence-electron chi connectivity index (χ3n) is 4.69. The number of hydrogen-bond donors (Lipinski definition) is 0. The average molecular weight is 300 g/mol. The molecule has 2 aliphatic rings. The number of rotatable bonds is 5. The lowest BCUT2D eigenvalue weighted by Gasteiger charge is -2.31. The van der Waals surface area contributed by atoms with Gasteiger partial charge in [0.25, 0.3) is 0 Å². The molecule has 1 aromatic carbocycles. The van der Waals surface area contributed by atoms with Crippen molar-refractivity contribution in [3.05, 3.63) is 35.4 Å². The Labute approximate surface area is 132 Å². The number of carbonyl (C=O) groups excluding carboxylic acids is 1. The summed E-state index contributed by atoms with van der Waals surface area (Å²) in [6.45, 7) is 5.50. The van der Waals surface area contributed by atoms with Crippen LogP contribution in [0, 0.1) is 12.8 Å². The van der Waals surface area contributed by atoms with Crippen LogP contribution in [-0.4, -0.2) is 35.7 Å². The topological polar surface area (TPSA) is 41.9 Å². The second-order valence-electron chi connectivity index (χ2n) is 6.34. The lowest BCUT2D eigenvalue weighted by molar-refractivity contribution is -0.139. The van der Waals surface area contributed by atoms with Crippen LogP contribution in [0.1, 0.15) is 43.7 Å².